The summed E-state index contributed by atoms with van der Waals surface area (Å²) in [6.45, 7) is 0.160. The van der Waals surface area contributed by atoms with Crippen LogP contribution in [0.15, 0.2) is 18.2 Å². The Kier molecular flexibility index (Phi) is 3.19. The maximum atomic E-state index is 13.4. The number of halogens is 1. The van der Waals surface area contributed by atoms with Crippen molar-refractivity contribution in [1.29, 1.82) is 5.26 Å². The quantitative estimate of drug-likeness (QED) is 0.655. The highest BCUT2D eigenvalue weighted by atomic mass is 19.1. The lowest BCUT2D eigenvalue weighted by molar-refractivity contribution is 0.0414. The first kappa shape index (κ1) is 12.4. The summed E-state index contributed by atoms with van der Waals surface area (Å²) in [6.07, 6.45) is 2.10. The Morgan fingerprint density at radius 2 is 2.28 bits per heavy atom. The molecule has 2 rings (SSSR count). The summed E-state index contributed by atoms with van der Waals surface area (Å²) in [5.74, 6) is -1.39. The lowest BCUT2D eigenvalue weighted by Crippen LogP contribution is -2.16. The highest BCUT2D eigenvalue weighted by Gasteiger charge is 2.43. The van der Waals surface area contributed by atoms with Gasteiger partial charge in [0, 0.05) is 17.5 Å². The van der Waals surface area contributed by atoms with E-state index in [2.05, 4.69) is 6.07 Å². The molecular weight excluding hydrogens is 235 g/mol. The third-order valence-electron chi connectivity index (χ3n) is 3.13. The molecule has 1 saturated carbocycles. The minimum Gasteiger partial charge on any atom is -0.461 e. The highest BCUT2D eigenvalue weighted by Crippen LogP contribution is 2.48. The number of nitrogens with two attached hydrogens (primary N) is 1. The minimum atomic E-state index is -0.732. The molecule has 0 radical (unpaired) electrons. The van der Waals surface area contributed by atoms with Crippen LogP contribution in [-0.4, -0.2) is 12.6 Å². The van der Waals surface area contributed by atoms with Gasteiger partial charge in [-0.25, -0.2) is 9.18 Å². The predicted octanol–water partition coefficient (Wildman–Crippen LogP) is 2.26. The Morgan fingerprint density at radius 1 is 1.56 bits per heavy atom. The molecule has 1 aliphatic carbocycles. The molecule has 0 saturated heterocycles. The first-order valence-corrected chi connectivity index (χ1v) is 5.65. The van der Waals surface area contributed by atoms with E-state index < -0.39 is 11.8 Å². The van der Waals surface area contributed by atoms with Crippen molar-refractivity contribution in [3.05, 3.63) is 29.6 Å². The van der Waals surface area contributed by atoms with Crippen molar-refractivity contribution in [2.75, 3.05) is 12.3 Å². The number of hydrogen-bond acceptors (Lipinski definition) is 4. The third-order valence-corrected chi connectivity index (χ3v) is 3.13. The van der Waals surface area contributed by atoms with Gasteiger partial charge in [0.1, 0.15) is 5.82 Å². The summed E-state index contributed by atoms with van der Waals surface area (Å²) in [5.41, 5.74) is 5.43. The number of ether oxygens (including phenoxy) is 1. The van der Waals surface area contributed by atoms with Crippen molar-refractivity contribution >= 4 is 11.7 Å². The van der Waals surface area contributed by atoms with Crippen molar-refractivity contribution in [3.8, 4) is 6.07 Å². The molecule has 1 aliphatic rings. The number of esters is 1. The molecule has 94 valence electrons. The number of nitrogens with zero attached hydrogens (tertiary/aromatic N) is 1. The molecule has 0 amide bonds. The standard InChI is InChI=1S/C13H13FN2O2/c14-11-2-1-9(16)7-10(11)12(17)18-8-13(3-4-13)5-6-15/h1-2,7H,3-5,8,16H2. The van der Waals surface area contributed by atoms with Crippen LogP contribution in [0, 0.1) is 22.6 Å². The van der Waals surface area contributed by atoms with Crippen molar-refractivity contribution in [2.24, 2.45) is 5.41 Å². The molecule has 4 nitrogen and oxygen atoms in total. The number of nitrogen functional groups attached to an aromatic ring is 1. The van der Waals surface area contributed by atoms with E-state index in [1.165, 1.54) is 12.1 Å². The third kappa shape index (κ3) is 2.59. The Balaban J connectivity index is 2.00. The van der Waals surface area contributed by atoms with Gasteiger partial charge in [0.15, 0.2) is 0 Å². The normalized spacial score (nSPS) is 15.8. The second-order valence-electron chi connectivity index (χ2n) is 4.65. The van der Waals surface area contributed by atoms with Crippen molar-refractivity contribution in [2.45, 2.75) is 19.3 Å². The van der Waals surface area contributed by atoms with E-state index >= 15 is 0 Å². The zero-order valence-electron chi connectivity index (χ0n) is 9.78. The van der Waals surface area contributed by atoms with E-state index in [4.69, 9.17) is 15.7 Å². The topological polar surface area (TPSA) is 76.1 Å². The summed E-state index contributed by atoms with van der Waals surface area (Å²) in [7, 11) is 0. The monoisotopic (exact) mass is 248 g/mol. The average Bonchev–Trinajstić information content (AvgIpc) is 3.10. The summed E-state index contributed by atoms with van der Waals surface area (Å²) in [5, 5.41) is 8.64. The fraction of sp³-hybridized carbons (Fsp3) is 0.385. The van der Waals surface area contributed by atoms with E-state index in [0.717, 1.165) is 18.9 Å². The number of carbonyl (C=O) groups excluding carboxylic acids is 1. The van der Waals surface area contributed by atoms with Crippen LogP contribution in [0.25, 0.3) is 0 Å². The lowest BCUT2D eigenvalue weighted by atomic mass is 10.1. The molecule has 2 N–H and O–H groups in total. The minimum absolute atomic E-state index is 0.160. The molecular formula is C13H13FN2O2. The van der Waals surface area contributed by atoms with E-state index in [-0.39, 0.29) is 17.6 Å². The number of benzene rings is 1. The van der Waals surface area contributed by atoms with Gasteiger partial charge in [0.2, 0.25) is 0 Å². The fourth-order valence-corrected chi connectivity index (χ4v) is 1.71. The van der Waals surface area contributed by atoms with Gasteiger partial charge < -0.3 is 10.5 Å². The van der Waals surface area contributed by atoms with Crippen LogP contribution < -0.4 is 5.73 Å². The fourth-order valence-electron chi connectivity index (χ4n) is 1.71. The summed E-state index contributed by atoms with van der Waals surface area (Å²) in [4.78, 5) is 11.7. The lowest BCUT2D eigenvalue weighted by Gasteiger charge is -2.12. The van der Waals surface area contributed by atoms with Crippen LogP contribution in [0.2, 0.25) is 0 Å². The molecule has 0 heterocycles. The van der Waals surface area contributed by atoms with Crippen LogP contribution in [0.3, 0.4) is 0 Å². The predicted molar refractivity (Wildman–Crippen MR) is 63.0 cm³/mol. The molecule has 1 aromatic carbocycles. The number of anilines is 1. The molecule has 0 atom stereocenters. The molecule has 0 bridgehead atoms. The Bertz CT molecular complexity index is 518. The smallest absolute Gasteiger partial charge is 0.341 e. The molecule has 1 aromatic rings. The SMILES string of the molecule is N#CCC1(COC(=O)c2cc(N)ccc2F)CC1. The van der Waals surface area contributed by atoms with Crippen molar-refractivity contribution in [3.63, 3.8) is 0 Å². The second-order valence-corrected chi connectivity index (χ2v) is 4.65. The average molecular weight is 248 g/mol. The first-order valence-electron chi connectivity index (χ1n) is 5.65. The molecule has 0 spiro atoms. The Hall–Kier alpha value is -2.09. The zero-order chi connectivity index (χ0) is 13.2. The Labute approximate surface area is 104 Å². The van der Waals surface area contributed by atoms with Gasteiger partial charge in [-0.2, -0.15) is 5.26 Å². The largest absolute Gasteiger partial charge is 0.461 e. The number of hydrogen-bond donors (Lipinski definition) is 1. The number of nitriles is 1. The van der Waals surface area contributed by atoms with E-state index in [9.17, 15) is 9.18 Å². The summed E-state index contributed by atoms with van der Waals surface area (Å²) >= 11 is 0. The van der Waals surface area contributed by atoms with Gasteiger partial charge in [-0.1, -0.05) is 0 Å². The Morgan fingerprint density at radius 3 is 2.89 bits per heavy atom. The molecule has 1 fully saturated rings. The van der Waals surface area contributed by atoms with Gasteiger partial charge in [-0.3, -0.25) is 0 Å². The van der Waals surface area contributed by atoms with E-state index in [1.807, 2.05) is 0 Å². The van der Waals surface area contributed by atoms with Crippen LogP contribution in [0.4, 0.5) is 10.1 Å². The van der Waals surface area contributed by atoms with Crippen LogP contribution in [-0.2, 0) is 4.74 Å². The van der Waals surface area contributed by atoms with Crippen LogP contribution in [0.1, 0.15) is 29.6 Å². The molecule has 0 unspecified atom stereocenters. The second kappa shape index (κ2) is 4.65. The molecule has 18 heavy (non-hydrogen) atoms. The van der Waals surface area contributed by atoms with E-state index in [1.54, 1.807) is 0 Å². The zero-order valence-corrected chi connectivity index (χ0v) is 9.78. The first-order chi connectivity index (χ1) is 8.56. The van der Waals surface area contributed by atoms with Gasteiger partial charge in [-0.15, -0.1) is 0 Å². The summed E-state index contributed by atoms with van der Waals surface area (Å²) in [6, 6.07) is 5.83. The molecule has 0 aromatic heterocycles. The highest BCUT2D eigenvalue weighted by molar-refractivity contribution is 5.90. The van der Waals surface area contributed by atoms with Gasteiger partial charge in [0.25, 0.3) is 0 Å². The molecule has 5 heteroatoms. The maximum absolute atomic E-state index is 13.4. The number of rotatable bonds is 4. The van der Waals surface area contributed by atoms with E-state index in [0.29, 0.717) is 12.1 Å². The molecule has 0 aliphatic heterocycles. The van der Waals surface area contributed by atoms with Gasteiger partial charge in [0.05, 0.1) is 18.2 Å². The van der Waals surface area contributed by atoms with Gasteiger partial charge >= 0.3 is 5.97 Å². The van der Waals surface area contributed by atoms with Crippen molar-refractivity contribution in [1.82, 2.24) is 0 Å². The van der Waals surface area contributed by atoms with Gasteiger partial charge in [-0.05, 0) is 31.0 Å². The van der Waals surface area contributed by atoms with Crippen LogP contribution in [0.5, 0.6) is 0 Å². The summed E-state index contributed by atoms with van der Waals surface area (Å²) < 4.78 is 18.5. The van der Waals surface area contributed by atoms with Crippen molar-refractivity contribution < 1.29 is 13.9 Å². The number of carbonyl (C=O) groups is 1. The maximum Gasteiger partial charge on any atom is 0.341 e. The van der Waals surface area contributed by atoms with Crippen LogP contribution >= 0.6 is 0 Å².